The molecule has 2 aromatic rings. The average molecular weight is 334 g/mol. The molecule has 1 aromatic carbocycles. The maximum Gasteiger partial charge on any atom is 0.273 e. The predicted octanol–water partition coefficient (Wildman–Crippen LogP) is 2.34. The van der Waals surface area contributed by atoms with E-state index in [-0.39, 0.29) is 36.0 Å². The highest BCUT2D eigenvalue weighted by Crippen LogP contribution is 2.32. The number of oxazole rings is 1. The lowest BCUT2D eigenvalue weighted by atomic mass is 10.00. The Morgan fingerprint density at radius 2 is 2.09 bits per heavy atom. The Morgan fingerprint density at radius 3 is 2.70 bits per heavy atom. The Balaban J connectivity index is 1.85. The van der Waals surface area contributed by atoms with Crippen molar-refractivity contribution in [1.29, 1.82) is 0 Å². The second-order valence-corrected chi connectivity index (χ2v) is 5.98. The number of carbonyl (C=O) groups excluding carboxylic acids is 2. The van der Waals surface area contributed by atoms with E-state index in [0.717, 1.165) is 5.56 Å². The number of benzene rings is 1. The van der Waals surface area contributed by atoms with Crippen LogP contribution in [0.5, 0.6) is 0 Å². The number of hydrogen-bond acceptors (Lipinski definition) is 4. The summed E-state index contributed by atoms with van der Waals surface area (Å²) in [6.45, 7) is 1.67. The number of nitrogens with zero attached hydrogens (tertiary/aromatic N) is 2. The van der Waals surface area contributed by atoms with Gasteiger partial charge in [-0.05, 0) is 24.6 Å². The van der Waals surface area contributed by atoms with Gasteiger partial charge in [-0.15, -0.1) is 0 Å². The molecule has 2 atom stereocenters. The van der Waals surface area contributed by atoms with Crippen molar-refractivity contribution in [1.82, 2.24) is 15.2 Å². The number of amides is 2. The highest BCUT2D eigenvalue weighted by Gasteiger charge is 2.39. The molecular weight excluding hydrogens is 318 g/mol. The third-order valence-corrected chi connectivity index (χ3v) is 4.33. The van der Waals surface area contributed by atoms with Crippen molar-refractivity contribution < 1.29 is 14.0 Å². The molecule has 1 aliphatic heterocycles. The molecule has 0 bridgehead atoms. The van der Waals surface area contributed by atoms with Gasteiger partial charge in [-0.25, -0.2) is 4.98 Å². The maximum atomic E-state index is 12.3. The van der Waals surface area contributed by atoms with E-state index >= 15 is 0 Å². The molecule has 0 spiro atoms. The lowest BCUT2D eigenvalue weighted by molar-refractivity contribution is -0.127. The summed E-state index contributed by atoms with van der Waals surface area (Å²) in [6.07, 6.45) is 1.47. The van der Waals surface area contributed by atoms with Crippen LogP contribution in [-0.2, 0) is 4.79 Å². The number of aryl methyl sites for hydroxylation is 1. The first-order valence-corrected chi connectivity index (χ1v) is 7.57. The van der Waals surface area contributed by atoms with Gasteiger partial charge in [-0.1, -0.05) is 23.7 Å². The number of rotatable bonds is 3. The molecule has 0 radical (unpaired) electrons. The number of halogens is 1. The first kappa shape index (κ1) is 15.6. The topological polar surface area (TPSA) is 75.4 Å². The van der Waals surface area contributed by atoms with Crippen molar-refractivity contribution in [3.05, 3.63) is 52.7 Å². The monoisotopic (exact) mass is 333 g/mol. The number of likely N-dealkylation sites (tertiary alicyclic amines) is 1. The van der Waals surface area contributed by atoms with Gasteiger partial charge in [0.2, 0.25) is 5.91 Å². The van der Waals surface area contributed by atoms with Gasteiger partial charge in [0.1, 0.15) is 5.76 Å². The Kier molecular flexibility index (Phi) is 4.09. The fourth-order valence-electron chi connectivity index (χ4n) is 2.87. The molecule has 1 fully saturated rings. The molecule has 0 unspecified atom stereocenters. The van der Waals surface area contributed by atoms with Crippen LogP contribution in [0.2, 0.25) is 5.02 Å². The molecule has 0 aliphatic carbocycles. The Morgan fingerprint density at radius 1 is 1.39 bits per heavy atom. The second kappa shape index (κ2) is 6.04. The van der Waals surface area contributed by atoms with Crippen molar-refractivity contribution in [2.75, 3.05) is 7.05 Å². The third kappa shape index (κ3) is 2.94. The molecule has 7 heteroatoms. The number of likely N-dealkylation sites (N-methyl/N-ethyl adjacent to an activating group) is 1. The van der Waals surface area contributed by atoms with Gasteiger partial charge < -0.3 is 14.6 Å². The largest absolute Gasteiger partial charge is 0.448 e. The van der Waals surface area contributed by atoms with Gasteiger partial charge in [0.15, 0.2) is 12.1 Å². The van der Waals surface area contributed by atoms with E-state index in [4.69, 9.17) is 16.0 Å². The molecular formula is C16H16ClN3O3. The highest BCUT2D eigenvalue weighted by molar-refractivity contribution is 6.30. The van der Waals surface area contributed by atoms with Crippen molar-refractivity contribution >= 4 is 23.4 Å². The van der Waals surface area contributed by atoms with Gasteiger partial charge in [0.25, 0.3) is 5.91 Å². The summed E-state index contributed by atoms with van der Waals surface area (Å²) in [6, 6.07) is 6.70. The Bertz CT molecular complexity index is 741. The molecule has 0 saturated carbocycles. The van der Waals surface area contributed by atoms with Crippen LogP contribution in [0.4, 0.5) is 0 Å². The molecule has 1 aromatic heterocycles. The first-order chi connectivity index (χ1) is 11.0. The highest BCUT2D eigenvalue weighted by atomic mass is 35.5. The first-order valence-electron chi connectivity index (χ1n) is 7.19. The summed E-state index contributed by atoms with van der Waals surface area (Å²) in [5.41, 5.74) is 1.16. The lowest BCUT2D eigenvalue weighted by Crippen LogP contribution is -2.39. The van der Waals surface area contributed by atoms with Gasteiger partial charge >= 0.3 is 0 Å². The van der Waals surface area contributed by atoms with Gasteiger partial charge in [-0.3, -0.25) is 9.59 Å². The van der Waals surface area contributed by atoms with Crippen LogP contribution in [0.25, 0.3) is 0 Å². The molecule has 1 aliphatic rings. The second-order valence-electron chi connectivity index (χ2n) is 5.54. The van der Waals surface area contributed by atoms with Crippen LogP contribution in [0.3, 0.4) is 0 Å². The summed E-state index contributed by atoms with van der Waals surface area (Å²) in [5.74, 6) is 0.0821. The fraction of sp³-hybridized carbons (Fsp3) is 0.312. The summed E-state index contributed by atoms with van der Waals surface area (Å²) in [5, 5.41) is 3.51. The normalized spacial score (nSPS) is 20.8. The van der Waals surface area contributed by atoms with Gasteiger partial charge in [0.05, 0.1) is 12.1 Å². The summed E-state index contributed by atoms with van der Waals surface area (Å²) >= 11 is 5.92. The van der Waals surface area contributed by atoms with E-state index in [2.05, 4.69) is 10.3 Å². The molecule has 120 valence electrons. The molecule has 2 heterocycles. The zero-order valence-corrected chi connectivity index (χ0v) is 13.5. The van der Waals surface area contributed by atoms with E-state index in [1.165, 1.54) is 6.39 Å². The van der Waals surface area contributed by atoms with Gasteiger partial charge in [0, 0.05) is 18.5 Å². The van der Waals surface area contributed by atoms with Crippen molar-refractivity contribution in [2.24, 2.45) is 0 Å². The maximum absolute atomic E-state index is 12.3. The van der Waals surface area contributed by atoms with E-state index in [1.54, 1.807) is 31.0 Å². The number of aromatic nitrogens is 1. The number of carbonyl (C=O) groups is 2. The smallest absolute Gasteiger partial charge is 0.273 e. The van der Waals surface area contributed by atoms with Crippen LogP contribution in [0.1, 0.15) is 34.3 Å². The zero-order chi connectivity index (χ0) is 16.6. The van der Waals surface area contributed by atoms with Crippen LogP contribution in [-0.4, -0.2) is 34.8 Å². The summed E-state index contributed by atoms with van der Waals surface area (Å²) < 4.78 is 5.05. The standard InChI is InChI=1S/C16H16ClN3O3/c1-9-14(18-8-23-9)16(22)19-12-7-13(21)20(2)15(12)10-3-5-11(17)6-4-10/h3-6,8,12,15H,7H2,1-2H3,(H,19,22)/t12-,15-/m0/s1. The van der Waals surface area contributed by atoms with Crippen molar-refractivity contribution in [3.63, 3.8) is 0 Å². The van der Waals surface area contributed by atoms with E-state index in [0.29, 0.717) is 10.8 Å². The van der Waals surface area contributed by atoms with E-state index in [1.807, 2.05) is 12.1 Å². The molecule has 6 nitrogen and oxygen atoms in total. The van der Waals surface area contributed by atoms with Crippen LogP contribution >= 0.6 is 11.6 Å². The third-order valence-electron chi connectivity index (χ3n) is 4.07. The lowest BCUT2D eigenvalue weighted by Gasteiger charge is -2.25. The minimum Gasteiger partial charge on any atom is -0.448 e. The molecule has 23 heavy (non-hydrogen) atoms. The Hall–Kier alpha value is -2.34. The number of nitrogens with one attached hydrogen (secondary N) is 1. The predicted molar refractivity (Wildman–Crippen MR) is 84.1 cm³/mol. The van der Waals surface area contributed by atoms with Gasteiger partial charge in [-0.2, -0.15) is 0 Å². The van der Waals surface area contributed by atoms with Crippen LogP contribution in [0, 0.1) is 6.92 Å². The molecule has 1 N–H and O–H groups in total. The SMILES string of the molecule is Cc1ocnc1C(=O)N[C@H]1CC(=O)N(C)[C@H]1c1ccc(Cl)cc1. The zero-order valence-electron chi connectivity index (χ0n) is 12.7. The average Bonchev–Trinajstić information content (AvgIpc) is 3.05. The Labute approximate surface area is 138 Å². The molecule has 2 amide bonds. The minimum absolute atomic E-state index is 0.0212. The molecule has 1 saturated heterocycles. The van der Waals surface area contributed by atoms with Crippen molar-refractivity contribution in [2.45, 2.75) is 25.4 Å². The summed E-state index contributed by atoms with van der Waals surface area (Å²) in [7, 11) is 1.73. The number of hydrogen-bond donors (Lipinski definition) is 1. The fourth-order valence-corrected chi connectivity index (χ4v) is 3.00. The van der Waals surface area contributed by atoms with Crippen LogP contribution in [0.15, 0.2) is 35.1 Å². The summed E-state index contributed by atoms with van der Waals surface area (Å²) in [4.78, 5) is 30.0. The van der Waals surface area contributed by atoms with Crippen LogP contribution < -0.4 is 5.32 Å². The van der Waals surface area contributed by atoms with E-state index < -0.39 is 0 Å². The van der Waals surface area contributed by atoms with Crippen molar-refractivity contribution in [3.8, 4) is 0 Å². The quantitative estimate of drug-likeness (QED) is 0.935. The molecule has 3 rings (SSSR count). The van der Waals surface area contributed by atoms with E-state index in [9.17, 15) is 9.59 Å². The minimum atomic E-state index is -0.344.